The van der Waals surface area contributed by atoms with E-state index in [1.165, 1.54) is 17.6 Å². The monoisotopic (exact) mass is 303 g/mol. The molecule has 1 rings (SSSR count). The first-order valence-electron chi connectivity index (χ1n) is 6.36. The molecular weight excluding hydrogens is 282 g/mol. The van der Waals surface area contributed by atoms with E-state index in [0.29, 0.717) is 12.4 Å². The molecule has 0 aromatic carbocycles. The minimum Gasteiger partial charge on any atom is -0.469 e. The summed E-state index contributed by atoms with van der Waals surface area (Å²) in [6, 6.07) is 0. The molecule has 0 saturated carbocycles. The SMILES string of the molecule is COC(=O)CCN(CC(C)C)S(=O)(=O)c1cnc(C)[nH]1. The van der Waals surface area contributed by atoms with Gasteiger partial charge in [0.25, 0.3) is 10.0 Å². The smallest absolute Gasteiger partial charge is 0.306 e. The first-order valence-corrected chi connectivity index (χ1v) is 7.80. The average molecular weight is 303 g/mol. The minimum atomic E-state index is -3.67. The maximum atomic E-state index is 12.5. The molecule has 1 N–H and O–H groups in total. The Morgan fingerprint density at radius 3 is 2.60 bits per heavy atom. The van der Waals surface area contributed by atoms with Crippen LogP contribution in [0.2, 0.25) is 0 Å². The summed E-state index contributed by atoms with van der Waals surface area (Å²) in [5.74, 6) is 0.238. The lowest BCUT2D eigenvalue weighted by Gasteiger charge is -2.22. The van der Waals surface area contributed by atoms with Gasteiger partial charge in [-0.2, -0.15) is 4.31 Å². The van der Waals surface area contributed by atoms with Crippen molar-refractivity contribution in [2.45, 2.75) is 32.2 Å². The van der Waals surface area contributed by atoms with Crippen LogP contribution in [-0.4, -0.2) is 48.9 Å². The molecule has 1 heterocycles. The predicted molar refractivity (Wildman–Crippen MR) is 73.6 cm³/mol. The number of methoxy groups -OCH3 is 1. The minimum absolute atomic E-state index is 0.0234. The Labute approximate surface area is 119 Å². The Bertz CT molecular complexity index is 551. The van der Waals surface area contributed by atoms with E-state index < -0.39 is 16.0 Å². The third-order valence-electron chi connectivity index (χ3n) is 2.66. The van der Waals surface area contributed by atoms with E-state index >= 15 is 0 Å². The lowest BCUT2D eigenvalue weighted by molar-refractivity contribution is -0.140. The van der Waals surface area contributed by atoms with Crippen LogP contribution in [-0.2, 0) is 19.6 Å². The molecule has 0 unspecified atom stereocenters. The molecule has 0 bridgehead atoms. The first kappa shape index (κ1) is 16.6. The van der Waals surface area contributed by atoms with Crippen LogP contribution in [0.25, 0.3) is 0 Å². The van der Waals surface area contributed by atoms with Crippen molar-refractivity contribution in [3.63, 3.8) is 0 Å². The summed E-state index contributed by atoms with van der Waals surface area (Å²) in [4.78, 5) is 17.8. The number of hydrogen-bond donors (Lipinski definition) is 1. The summed E-state index contributed by atoms with van der Waals surface area (Å²) in [5, 5.41) is 0.0421. The van der Waals surface area contributed by atoms with Gasteiger partial charge in [0.15, 0.2) is 5.03 Å². The van der Waals surface area contributed by atoms with Crippen molar-refractivity contribution in [1.82, 2.24) is 14.3 Å². The largest absolute Gasteiger partial charge is 0.469 e. The van der Waals surface area contributed by atoms with Crippen molar-refractivity contribution in [2.24, 2.45) is 5.92 Å². The zero-order valence-electron chi connectivity index (χ0n) is 12.2. The molecule has 0 radical (unpaired) electrons. The van der Waals surface area contributed by atoms with E-state index in [0.717, 1.165) is 0 Å². The number of nitrogens with one attached hydrogen (secondary N) is 1. The van der Waals surface area contributed by atoms with Gasteiger partial charge in [0.05, 0.1) is 19.7 Å². The highest BCUT2D eigenvalue weighted by Gasteiger charge is 2.27. The quantitative estimate of drug-likeness (QED) is 0.756. The highest BCUT2D eigenvalue weighted by atomic mass is 32.2. The predicted octanol–water partition coefficient (Wildman–Crippen LogP) is 0.928. The molecule has 0 spiro atoms. The van der Waals surface area contributed by atoms with Gasteiger partial charge in [0.2, 0.25) is 0 Å². The Kier molecular flexibility index (Phi) is 5.70. The van der Waals surface area contributed by atoms with Gasteiger partial charge in [-0.1, -0.05) is 13.8 Å². The van der Waals surface area contributed by atoms with Crippen molar-refractivity contribution < 1.29 is 17.9 Å². The van der Waals surface area contributed by atoms with Crippen LogP contribution in [0.4, 0.5) is 0 Å². The highest BCUT2D eigenvalue weighted by Crippen LogP contribution is 2.15. The zero-order chi connectivity index (χ0) is 15.3. The molecule has 7 nitrogen and oxygen atoms in total. The Morgan fingerprint density at radius 2 is 2.15 bits per heavy atom. The van der Waals surface area contributed by atoms with Crippen LogP contribution >= 0.6 is 0 Å². The first-order chi connectivity index (χ1) is 9.27. The van der Waals surface area contributed by atoms with Crippen LogP contribution in [0.15, 0.2) is 11.2 Å². The molecule has 20 heavy (non-hydrogen) atoms. The van der Waals surface area contributed by atoms with Crippen LogP contribution in [0, 0.1) is 12.8 Å². The molecule has 0 aliphatic heterocycles. The standard InChI is InChI=1S/C12H21N3O4S/c1-9(2)8-15(6-5-12(16)19-4)20(17,18)11-7-13-10(3)14-11/h7,9H,5-6,8H2,1-4H3,(H,13,14). The summed E-state index contributed by atoms with van der Waals surface area (Å²) in [7, 11) is -2.39. The number of H-pyrrole nitrogens is 1. The van der Waals surface area contributed by atoms with Crippen molar-refractivity contribution >= 4 is 16.0 Å². The number of carbonyl (C=O) groups excluding carboxylic acids is 1. The molecule has 0 fully saturated rings. The molecule has 0 saturated heterocycles. The maximum Gasteiger partial charge on any atom is 0.306 e. The summed E-state index contributed by atoms with van der Waals surface area (Å²) in [5.41, 5.74) is 0. The van der Waals surface area contributed by atoms with Crippen molar-refractivity contribution in [3.05, 3.63) is 12.0 Å². The number of ether oxygens (including phenoxy) is 1. The number of sulfonamides is 1. The second-order valence-electron chi connectivity index (χ2n) is 4.92. The molecule has 0 aliphatic rings. The van der Waals surface area contributed by atoms with Gasteiger partial charge in [-0.05, 0) is 12.8 Å². The second-order valence-corrected chi connectivity index (χ2v) is 6.82. The van der Waals surface area contributed by atoms with E-state index in [-0.39, 0.29) is 23.9 Å². The van der Waals surface area contributed by atoms with Crippen LogP contribution in [0.1, 0.15) is 26.1 Å². The van der Waals surface area contributed by atoms with Gasteiger partial charge in [-0.3, -0.25) is 4.79 Å². The van der Waals surface area contributed by atoms with Gasteiger partial charge in [0, 0.05) is 13.1 Å². The number of aromatic amines is 1. The maximum absolute atomic E-state index is 12.5. The van der Waals surface area contributed by atoms with Gasteiger partial charge in [-0.15, -0.1) is 0 Å². The summed E-state index contributed by atoms with van der Waals surface area (Å²) < 4.78 is 30.8. The third kappa shape index (κ3) is 4.31. The lowest BCUT2D eigenvalue weighted by Crippen LogP contribution is -2.36. The summed E-state index contributed by atoms with van der Waals surface area (Å²) in [6.07, 6.45) is 1.31. The Hall–Kier alpha value is -1.41. The Balaban J connectivity index is 2.94. The van der Waals surface area contributed by atoms with Crippen LogP contribution in [0.3, 0.4) is 0 Å². The molecule has 0 aliphatic carbocycles. The average Bonchev–Trinajstić information content (AvgIpc) is 2.80. The topological polar surface area (TPSA) is 92.4 Å². The fourth-order valence-corrected chi connectivity index (χ4v) is 3.27. The number of aromatic nitrogens is 2. The molecule has 0 atom stereocenters. The molecule has 1 aromatic rings. The van der Waals surface area contributed by atoms with Gasteiger partial charge in [0.1, 0.15) is 5.82 Å². The molecule has 1 aromatic heterocycles. The highest BCUT2D eigenvalue weighted by molar-refractivity contribution is 7.89. The van der Waals surface area contributed by atoms with E-state index in [1.54, 1.807) is 6.92 Å². The van der Waals surface area contributed by atoms with Crippen molar-refractivity contribution in [2.75, 3.05) is 20.2 Å². The van der Waals surface area contributed by atoms with Gasteiger partial charge < -0.3 is 9.72 Å². The number of esters is 1. The van der Waals surface area contributed by atoms with Crippen LogP contribution < -0.4 is 0 Å². The second kappa shape index (κ2) is 6.85. The normalized spacial score (nSPS) is 12.1. The van der Waals surface area contributed by atoms with Gasteiger partial charge in [-0.25, -0.2) is 13.4 Å². The third-order valence-corrected chi connectivity index (χ3v) is 4.43. The lowest BCUT2D eigenvalue weighted by atomic mass is 10.2. The van der Waals surface area contributed by atoms with E-state index in [9.17, 15) is 13.2 Å². The number of hydrogen-bond acceptors (Lipinski definition) is 5. The fraction of sp³-hybridized carbons (Fsp3) is 0.667. The number of rotatable bonds is 7. The number of imidazole rings is 1. The Morgan fingerprint density at radius 1 is 1.50 bits per heavy atom. The summed E-state index contributed by atoms with van der Waals surface area (Å²) >= 11 is 0. The van der Waals surface area contributed by atoms with E-state index in [1.807, 2.05) is 13.8 Å². The zero-order valence-corrected chi connectivity index (χ0v) is 13.0. The van der Waals surface area contributed by atoms with Gasteiger partial charge >= 0.3 is 5.97 Å². The number of aryl methyl sites for hydroxylation is 1. The van der Waals surface area contributed by atoms with Crippen molar-refractivity contribution in [3.8, 4) is 0 Å². The molecule has 8 heteroatoms. The summed E-state index contributed by atoms with van der Waals surface area (Å²) in [6.45, 7) is 5.93. The van der Waals surface area contributed by atoms with E-state index in [2.05, 4.69) is 14.7 Å². The molecule has 114 valence electrons. The molecular formula is C12H21N3O4S. The fourth-order valence-electron chi connectivity index (χ4n) is 1.70. The van der Waals surface area contributed by atoms with E-state index in [4.69, 9.17) is 0 Å². The van der Waals surface area contributed by atoms with Crippen LogP contribution in [0.5, 0.6) is 0 Å². The molecule has 0 amide bonds. The number of nitrogens with zero attached hydrogens (tertiary/aromatic N) is 2. The number of carbonyl (C=O) groups is 1. The van der Waals surface area contributed by atoms with Crippen molar-refractivity contribution in [1.29, 1.82) is 0 Å².